The molecule has 6 nitrogen and oxygen atoms in total. The molecular formula is C13H25NO5S. The highest BCUT2D eigenvalue weighted by molar-refractivity contribution is 8.00. The predicted octanol–water partition coefficient (Wildman–Crippen LogP) is -0.965. The molecule has 1 saturated heterocycles. The lowest BCUT2D eigenvalue weighted by Crippen LogP contribution is -2.58. The average Bonchev–Trinajstić information content (AvgIpc) is 2.62. The fourth-order valence-electron chi connectivity index (χ4n) is 3.07. The van der Waals surface area contributed by atoms with E-state index in [4.69, 9.17) is 10.5 Å². The number of thioether (sulfide) groups is 1. The van der Waals surface area contributed by atoms with Crippen LogP contribution in [0.2, 0.25) is 0 Å². The normalized spacial score (nSPS) is 48.5. The molecule has 6 N–H and O–H groups in total. The lowest BCUT2D eigenvalue weighted by molar-refractivity contribution is -0.205. The van der Waals surface area contributed by atoms with E-state index in [9.17, 15) is 20.4 Å². The summed E-state index contributed by atoms with van der Waals surface area (Å²) >= 11 is 1.44. The lowest BCUT2D eigenvalue weighted by atomic mass is 9.91. The SMILES string of the molecule is CC1(C)C[C@@H](N)C[C@H]1S[C@@H]1O[C@H](CO)[C@H](O)[C@H](O)[C@H]1O. The zero-order chi connectivity index (χ0) is 15.1. The molecule has 1 aliphatic carbocycles. The van der Waals surface area contributed by atoms with Crippen molar-refractivity contribution >= 4 is 11.8 Å². The second-order valence-corrected chi connectivity index (χ2v) is 7.82. The number of rotatable bonds is 3. The van der Waals surface area contributed by atoms with Crippen LogP contribution in [0.5, 0.6) is 0 Å². The molecule has 0 aromatic carbocycles. The van der Waals surface area contributed by atoms with Gasteiger partial charge in [-0.3, -0.25) is 0 Å². The number of nitrogens with two attached hydrogens (primary N) is 1. The maximum Gasteiger partial charge on any atom is 0.132 e. The fraction of sp³-hybridized carbons (Fsp3) is 1.00. The van der Waals surface area contributed by atoms with E-state index in [1.807, 2.05) is 0 Å². The third kappa shape index (κ3) is 3.14. The van der Waals surface area contributed by atoms with Crippen molar-refractivity contribution in [3.8, 4) is 0 Å². The van der Waals surface area contributed by atoms with Gasteiger partial charge in [0.1, 0.15) is 29.9 Å². The first-order chi connectivity index (χ1) is 9.26. The molecule has 7 heteroatoms. The van der Waals surface area contributed by atoms with Gasteiger partial charge in [0, 0.05) is 11.3 Å². The summed E-state index contributed by atoms with van der Waals surface area (Å²) in [5, 5.41) is 39.0. The topological polar surface area (TPSA) is 116 Å². The zero-order valence-electron chi connectivity index (χ0n) is 11.8. The van der Waals surface area contributed by atoms with Crippen LogP contribution in [0.25, 0.3) is 0 Å². The molecule has 2 aliphatic rings. The Morgan fingerprint density at radius 3 is 2.35 bits per heavy atom. The van der Waals surface area contributed by atoms with Gasteiger partial charge in [0.05, 0.1) is 6.61 Å². The summed E-state index contributed by atoms with van der Waals surface area (Å²) in [4.78, 5) is 0. The van der Waals surface area contributed by atoms with Gasteiger partial charge in [-0.25, -0.2) is 0 Å². The largest absolute Gasteiger partial charge is 0.394 e. The second-order valence-electron chi connectivity index (χ2n) is 6.51. The smallest absolute Gasteiger partial charge is 0.132 e. The zero-order valence-corrected chi connectivity index (χ0v) is 12.7. The number of hydrogen-bond acceptors (Lipinski definition) is 7. The van der Waals surface area contributed by atoms with Crippen LogP contribution in [0.15, 0.2) is 0 Å². The molecule has 0 unspecified atom stereocenters. The molecule has 0 aromatic heterocycles. The summed E-state index contributed by atoms with van der Waals surface area (Å²) in [7, 11) is 0. The van der Waals surface area contributed by atoms with Crippen molar-refractivity contribution < 1.29 is 25.2 Å². The summed E-state index contributed by atoms with van der Waals surface area (Å²) in [5.41, 5.74) is 5.36. The summed E-state index contributed by atoms with van der Waals surface area (Å²) in [5.74, 6) is 0. The maximum absolute atomic E-state index is 10.0. The Bertz CT molecular complexity index is 341. The molecule has 0 radical (unpaired) electrons. The van der Waals surface area contributed by atoms with Crippen molar-refractivity contribution in [2.75, 3.05) is 6.61 Å². The van der Waals surface area contributed by atoms with Gasteiger partial charge in [-0.15, -0.1) is 11.8 Å². The van der Waals surface area contributed by atoms with Gasteiger partial charge in [0.25, 0.3) is 0 Å². The van der Waals surface area contributed by atoms with Crippen molar-refractivity contribution in [3.63, 3.8) is 0 Å². The summed E-state index contributed by atoms with van der Waals surface area (Å²) in [6, 6.07) is 0.132. The van der Waals surface area contributed by atoms with Crippen LogP contribution < -0.4 is 5.73 Å². The molecule has 0 amide bonds. The first-order valence-electron chi connectivity index (χ1n) is 6.98. The van der Waals surface area contributed by atoms with Gasteiger partial charge >= 0.3 is 0 Å². The molecule has 0 spiro atoms. The Morgan fingerprint density at radius 2 is 1.85 bits per heavy atom. The highest BCUT2D eigenvalue weighted by Gasteiger charge is 2.47. The van der Waals surface area contributed by atoms with Crippen LogP contribution in [0.4, 0.5) is 0 Å². The Morgan fingerprint density at radius 1 is 1.20 bits per heavy atom. The van der Waals surface area contributed by atoms with Crippen molar-refractivity contribution in [3.05, 3.63) is 0 Å². The quantitative estimate of drug-likeness (QED) is 0.456. The summed E-state index contributed by atoms with van der Waals surface area (Å²) < 4.78 is 5.53. The Labute approximate surface area is 123 Å². The van der Waals surface area contributed by atoms with Crippen molar-refractivity contribution in [2.45, 2.75) is 67.8 Å². The molecular weight excluding hydrogens is 282 g/mol. The third-order valence-electron chi connectivity index (χ3n) is 4.32. The van der Waals surface area contributed by atoms with Gasteiger partial charge in [0.15, 0.2) is 0 Å². The molecule has 1 heterocycles. The molecule has 0 aromatic rings. The summed E-state index contributed by atoms with van der Waals surface area (Å²) in [6.07, 6.45) is -2.90. The van der Waals surface area contributed by atoms with E-state index in [2.05, 4.69) is 13.8 Å². The highest BCUT2D eigenvalue weighted by Crippen LogP contribution is 2.47. The van der Waals surface area contributed by atoms with E-state index < -0.39 is 36.5 Å². The molecule has 2 fully saturated rings. The van der Waals surface area contributed by atoms with Crippen LogP contribution in [-0.4, -0.2) is 68.2 Å². The molecule has 20 heavy (non-hydrogen) atoms. The number of hydrogen-bond donors (Lipinski definition) is 5. The van der Waals surface area contributed by atoms with Gasteiger partial charge in [0.2, 0.25) is 0 Å². The van der Waals surface area contributed by atoms with E-state index in [-0.39, 0.29) is 16.7 Å². The van der Waals surface area contributed by atoms with E-state index in [1.165, 1.54) is 11.8 Å². The minimum Gasteiger partial charge on any atom is -0.394 e. The Hall–Kier alpha value is 0.110. The van der Waals surface area contributed by atoms with Gasteiger partial charge in [-0.2, -0.15) is 0 Å². The monoisotopic (exact) mass is 307 g/mol. The standard InChI is InChI=1S/C13H25NO5S/c1-13(2)4-6(14)3-8(13)20-12-11(18)10(17)9(16)7(5-15)19-12/h6-12,15-18H,3-5,14H2,1-2H3/t6-,7+,8+,9-,10-,11+,12-/m0/s1. The first kappa shape index (κ1) is 16.5. The van der Waals surface area contributed by atoms with Gasteiger partial charge < -0.3 is 30.9 Å². The fourth-order valence-corrected chi connectivity index (χ4v) is 4.74. The van der Waals surface area contributed by atoms with Crippen LogP contribution >= 0.6 is 11.8 Å². The highest BCUT2D eigenvalue weighted by atomic mass is 32.2. The molecule has 7 atom stereocenters. The number of ether oxygens (including phenoxy) is 1. The number of aliphatic hydroxyl groups excluding tert-OH is 4. The van der Waals surface area contributed by atoms with E-state index in [1.54, 1.807) is 0 Å². The predicted molar refractivity (Wildman–Crippen MR) is 76.1 cm³/mol. The lowest BCUT2D eigenvalue weighted by Gasteiger charge is -2.41. The van der Waals surface area contributed by atoms with E-state index in [0.29, 0.717) is 0 Å². The van der Waals surface area contributed by atoms with Crippen molar-refractivity contribution in [1.29, 1.82) is 0 Å². The Kier molecular flexibility index (Phi) is 5.01. The van der Waals surface area contributed by atoms with Crippen LogP contribution in [-0.2, 0) is 4.74 Å². The maximum atomic E-state index is 10.0. The van der Waals surface area contributed by atoms with Crippen LogP contribution in [0.3, 0.4) is 0 Å². The molecule has 0 bridgehead atoms. The van der Waals surface area contributed by atoms with Crippen molar-refractivity contribution in [2.24, 2.45) is 11.1 Å². The second kappa shape index (κ2) is 6.08. The van der Waals surface area contributed by atoms with Crippen molar-refractivity contribution in [1.82, 2.24) is 0 Å². The van der Waals surface area contributed by atoms with Crippen LogP contribution in [0, 0.1) is 5.41 Å². The van der Waals surface area contributed by atoms with Crippen LogP contribution in [0.1, 0.15) is 26.7 Å². The molecule has 2 rings (SSSR count). The minimum absolute atomic E-state index is 0.0306. The molecule has 118 valence electrons. The molecule has 1 aliphatic heterocycles. The third-order valence-corrected chi connectivity index (χ3v) is 6.14. The molecule has 1 saturated carbocycles. The summed E-state index contributed by atoms with van der Waals surface area (Å²) in [6.45, 7) is 3.86. The first-order valence-corrected chi connectivity index (χ1v) is 7.92. The van der Waals surface area contributed by atoms with E-state index in [0.717, 1.165) is 12.8 Å². The minimum atomic E-state index is -1.31. The average molecular weight is 307 g/mol. The number of aliphatic hydroxyl groups is 4. The van der Waals surface area contributed by atoms with E-state index >= 15 is 0 Å². The van der Waals surface area contributed by atoms with Gasteiger partial charge in [-0.1, -0.05) is 13.8 Å². The Balaban J connectivity index is 2.05. The van der Waals surface area contributed by atoms with Gasteiger partial charge in [-0.05, 0) is 18.3 Å².